The number of nitrogens with zero attached hydrogens (tertiary/aromatic N) is 2. The van der Waals surface area contributed by atoms with Gasteiger partial charge in [0.2, 0.25) is 0 Å². The summed E-state index contributed by atoms with van der Waals surface area (Å²) < 4.78 is 49.4. The lowest BCUT2D eigenvalue weighted by Gasteiger charge is -2.51. The Morgan fingerprint density at radius 2 is 1.68 bits per heavy atom. The zero-order valence-corrected chi connectivity index (χ0v) is 17.8. The number of halogens is 5. The maximum Gasteiger partial charge on any atom is 0.418 e. The van der Waals surface area contributed by atoms with E-state index in [0.29, 0.717) is 35.1 Å². The topological polar surface area (TPSA) is 51.7 Å². The Morgan fingerprint density at radius 3 is 2.29 bits per heavy atom. The summed E-state index contributed by atoms with van der Waals surface area (Å²) in [5, 5.41) is 1.03. The summed E-state index contributed by atoms with van der Waals surface area (Å²) in [5.41, 5.74) is -0.862. The zero-order chi connectivity index (χ0) is 22.2. The molecule has 2 aromatic rings. The van der Waals surface area contributed by atoms with Crippen molar-refractivity contribution in [3.63, 3.8) is 0 Å². The Labute approximate surface area is 187 Å². The minimum atomic E-state index is -4.55. The molecule has 0 radical (unpaired) electrons. The summed E-state index contributed by atoms with van der Waals surface area (Å²) in [4.78, 5) is 17.4. The van der Waals surface area contributed by atoms with E-state index in [2.05, 4.69) is 4.98 Å². The predicted molar refractivity (Wildman–Crippen MR) is 109 cm³/mol. The van der Waals surface area contributed by atoms with Crippen molar-refractivity contribution in [2.75, 3.05) is 13.1 Å². The second-order valence-electron chi connectivity index (χ2n) is 8.02. The van der Waals surface area contributed by atoms with Gasteiger partial charge in [-0.25, -0.2) is 4.79 Å². The van der Waals surface area contributed by atoms with E-state index in [0.717, 1.165) is 37.9 Å². The highest BCUT2D eigenvalue weighted by molar-refractivity contribution is 6.34. The van der Waals surface area contributed by atoms with Crippen molar-refractivity contribution in [2.24, 2.45) is 5.41 Å². The van der Waals surface area contributed by atoms with Gasteiger partial charge in [0.15, 0.2) is 5.75 Å². The van der Waals surface area contributed by atoms with Crippen LogP contribution in [-0.2, 0) is 6.18 Å². The van der Waals surface area contributed by atoms with Crippen LogP contribution in [0.5, 0.6) is 11.5 Å². The number of carbonyl (C=O) groups excluding carboxylic acids is 1. The Morgan fingerprint density at radius 1 is 1.03 bits per heavy atom. The van der Waals surface area contributed by atoms with Gasteiger partial charge < -0.3 is 14.4 Å². The molecule has 1 aliphatic heterocycles. The lowest BCUT2D eigenvalue weighted by Crippen LogP contribution is -2.52. The van der Waals surface area contributed by atoms with E-state index in [9.17, 15) is 18.0 Å². The number of hydrogen-bond donors (Lipinski definition) is 0. The third kappa shape index (κ3) is 5.18. The number of hydrogen-bond acceptors (Lipinski definition) is 4. The lowest BCUT2D eigenvalue weighted by molar-refractivity contribution is -0.137. The number of carbonyl (C=O) groups is 1. The molecule has 10 heteroatoms. The maximum absolute atomic E-state index is 12.8. The number of amides is 1. The van der Waals surface area contributed by atoms with Crippen LogP contribution in [0.2, 0.25) is 10.0 Å². The van der Waals surface area contributed by atoms with Crippen molar-refractivity contribution in [3.05, 3.63) is 52.3 Å². The third-order valence-corrected chi connectivity index (χ3v) is 6.22. The normalized spacial score (nSPS) is 18.5. The fourth-order valence-electron chi connectivity index (χ4n) is 4.15. The van der Waals surface area contributed by atoms with Gasteiger partial charge in [0.25, 0.3) is 0 Å². The summed E-state index contributed by atoms with van der Waals surface area (Å²) in [6.07, 6.45) is -0.108. The first kappa shape index (κ1) is 22.0. The standard InChI is InChI=1S/C21H19Cl2F3N2O3/c22-14-6-15(23)8-16(7-14)30-18-9-20(10-18)1-3-28(4-2-20)19(29)31-17-5-13(11-27-12-17)21(24,25)26/h5-8,11-12,18H,1-4,9-10H2. The van der Waals surface area contributed by atoms with Gasteiger partial charge in [-0.3, -0.25) is 4.98 Å². The fourth-order valence-corrected chi connectivity index (χ4v) is 4.65. The molecule has 1 amide bonds. The van der Waals surface area contributed by atoms with Crippen molar-refractivity contribution in [1.29, 1.82) is 0 Å². The second kappa shape index (κ2) is 8.39. The molecular formula is C21H19Cl2F3N2O3. The van der Waals surface area contributed by atoms with Crippen LogP contribution in [0.1, 0.15) is 31.2 Å². The van der Waals surface area contributed by atoms with Crippen LogP contribution >= 0.6 is 23.2 Å². The number of piperidine rings is 1. The van der Waals surface area contributed by atoms with Crippen LogP contribution < -0.4 is 9.47 Å². The number of benzene rings is 1. The maximum atomic E-state index is 12.8. The number of alkyl halides is 3. The molecule has 31 heavy (non-hydrogen) atoms. The largest absolute Gasteiger partial charge is 0.490 e. The van der Waals surface area contributed by atoms with E-state index in [1.54, 1.807) is 18.2 Å². The summed E-state index contributed by atoms with van der Waals surface area (Å²) in [6.45, 7) is 0.946. The van der Waals surface area contributed by atoms with Crippen molar-refractivity contribution < 1.29 is 27.4 Å². The van der Waals surface area contributed by atoms with Gasteiger partial charge in [0.05, 0.1) is 17.9 Å². The fraction of sp³-hybridized carbons (Fsp3) is 0.429. The van der Waals surface area contributed by atoms with Gasteiger partial charge in [0, 0.05) is 29.3 Å². The van der Waals surface area contributed by atoms with Gasteiger partial charge in [-0.2, -0.15) is 13.2 Å². The van der Waals surface area contributed by atoms with E-state index in [-0.39, 0.29) is 17.3 Å². The first-order valence-corrected chi connectivity index (χ1v) is 10.5. The Balaban J connectivity index is 1.27. The number of aromatic nitrogens is 1. The van der Waals surface area contributed by atoms with Crippen molar-refractivity contribution >= 4 is 29.3 Å². The molecule has 1 aliphatic carbocycles. The summed E-state index contributed by atoms with van der Waals surface area (Å²) in [5.74, 6) is 0.408. The number of pyridine rings is 1. The second-order valence-corrected chi connectivity index (χ2v) is 8.89. The van der Waals surface area contributed by atoms with Gasteiger partial charge in [-0.05, 0) is 55.4 Å². The Hall–Kier alpha value is -2.19. The Bertz CT molecular complexity index is 950. The molecule has 166 valence electrons. The first-order chi connectivity index (χ1) is 14.6. The van der Waals surface area contributed by atoms with Gasteiger partial charge in [-0.1, -0.05) is 23.2 Å². The van der Waals surface area contributed by atoms with Crippen LogP contribution in [-0.4, -0.2) is 35.2 Å². The highest BCUT2D eigenvalue weighted by Crippen LogP contribution is 2.50. The molecule has 2 heterocycles. The van der Waals surface area contributed by atoms with E-state index < -0.39 is 17.8 Å². The van der Waals surface area contributed by atoms with Crippen molar-refractivity contribution in [3.8, 4) is 11.5 Å². The minimum Gasteiger partial charge on any atom is -0.490 e. The SMILES string of the molecule is O=C(Oc1cncc(C(F)(F)F)c1)N1CCC2(CC1)CC(Oc1cc(Cl)cc(Cl)c1)C2. The number of likely N-dealkylation sites (tertiary alicyclic amines) is 1. The van der Waals surface area contributed by atoms with Crippen LogP contribution in [0.15, 0.2) is 36.7 Å². The van der Waals surface area contributed by atoms with Gasteiger partial charge in [-0.15, -0.1) is 0 Å². The molecule has 0 bridgehead atoms. The summed E-state index contributed by atoms with van der Waals surface area (Å²) in [7, 11) is 0. The molecular weight excluding hydrogens is 456 g/mol. The third-order valence-electron chi connectivity index (χ3n) is 5.79. The summed E-state index contributed by atoms with van der Waals surface area (Å²) >= 11 is 12.0. The zero-order valence-electron chi connectivity index (χ0n) is 16.3. The minimum absolute atomic E-state index is 0.0595. The van der Waals surface area contributed by atoms with Crippen LogP contribution in [0, 0.1) is 5.41 Å². The monoisotopic (exact) mass is 474 g/mol. The first-order valence-electron chi connectivity index (χ1n) is 9.74. The quantitative estimate of drug-likeness (QED) is 0.528. The van der Waals surface area contributed by atoms with Crippen LogP contribution in [0.3, 0.4) is 0 Å². The molecule has 0 N–H and O–H groups in total. The van der Waals surface area contributed by atoms with E-state index >= 15 is 0 Å². The lowest BCUT2D eigenvalue weighted by atomic mass is 9.61. The average Bonchev–Trinajstić information content (AvgIpc) is 2.66. The highest BCUT2D eigenvalue weighted by atomic mass is 35.5. The van der Waals surface area contributed by atoms with Gasteiger partial charge >= 0.3 is 12.3 Å². The molecule has 1 spiro atoms. The highest BCUT2D eigenvalue weighted by Gasteiger charge is 2.47. The molecule has 1 aromatic carbocycles. The average molecular weight is 475 g/mol. The van der Waals surface area contributed by atoms with Crippen molar-refractivity contribution in [2.45, 2.75) is 38.0 Å². The molecule has 0 atom stereocenters. The molecule has 2 aliphatic rings. The molecule has 4 rings (SSSR count). The van der Waals surface area contributed by atoms with Crippen molar-refractivity contribution in [1.82, 2.24) is 9.88 Å². The smallest absolute Gasteiger partial charge is 0.418 e. The molecule has 5 nitrogen and oxygen atoms in total. The number of rotatable bonds is 3. The Kier molecular flexibility index (Phi) is 5.96. The number of ether oxygens (including phenoxy) is 2. The van der Waals surface area contributed by atoms with E-state index in [4.69, 9.17) is 32.7 Å². The predicted octanol–water partition coefficient (Wildman–Crippen LogP) is 6.23. The molecule has 1 saturated carbocycles. The van der Waals surface area contributed by atoms with Gasteiger partial charge in [0.1, 0.15) is 5.75 Å². The van der Waals surface area contributed by atoms with Crippen LogP contribution in [0.4, 0.5) is 18.0 Å². The molecule has 1 aromatic heterocycles. The molecule has 1 saturated heterocycles. The van der Waals surface area contributed by atoms with Crippen LogP contribution in [0.25, 0.3) is 0 Å². The van der Waals surface area contributed by atoms with E-state index in [1.807, 2.05) is 0 Å². The summed E-state index contributed by atoms with van der Waals surface area (Å²) in [6, 6.07) is 5.86. The molecule has 0 unspecified atom stereocenters. The molecule has 2 fully saturated rings. The van der Waals surface area contributed by atoms with E-state index in [1.165, 1.54) is 4.90 Å².